The van der Waals surface area contributed by atoms with E-state index in [0.29, 0.717) is 23.7 Å². The Balaban J connectivity index is 1.64. The minimum atomic E-state index is -0.389. The quantitative estimate of drug-likeness (QED) is 0.715. The largest absolute Gasteiger partial charge is 0.438 e. The molecule has 0 N–H and O–H groups in total. The molecule has 0 saturated heterocycles. The Labute approximate surface area is 144 Å². The van der Waals surface area contributed by atoms with E-state index >= 15 is 0 Å². The van der Waals surface area contributed by atoms with E-state index in [0.717, 1.165) is 42.7 Å². The molecule has 4 rings (SSSR count). The summed E-state index contributed by atoms with van der Waals surface area (Å²) in [5.41, 5.74) is 3.06. The van der Waals surface area contributed by atoms with Crippen molar-refractivity contribution in [2.24, 2.45) is 0 Å². The van der Waals surface area contributed by atoms with E-state index in [2.05, 4.69) is 20.9 Å². The maximum Gasteiger partial charge on any atom is 0.245 e. The number of nitriles is 1. The first-order valence-electron chi connectivity index (χ1n) is 8.08. The number of fused-ring (bicyclic) bond motifs is 1. The molecule has 124 valence electrons. The number of aromatic nitrogens is 2. The van der Waals surface area contributed by atoms with E-state index in [-0.39, 0.29) is 5.82 Å². The van der Waals surface area contributed by atoms with Gasteiger partial charge in [0.1, 0.15) is 17.3 Å². The van der Waals surface area contributed by atoms with Gasteiger partial charge in [-0.25, -0.2) is 14.4 Å². The summed E-state index contributed by atoms with van der Waals surface area (Å²) in [4.78, 5) is 10.8. The molecule has 0 saturated carbocycles. The minimum absolute atomic E-state index is 0.389. The number of hydrogen-bond donors (Lipinski definition) is 0. The fourth-order valence-electron chi connectivity index (χ4n) is 3.00. The van der Waals surface area contributed by atoms with Gasteiger partial charge in [0.05, 0.1) is 30.1 Å². The third kappa shape index (κ3) is 3.09. The van der Waals surface area contributed by atoms with Crippen molar-refractivity contribution in [3.63, 3.8) is 0 Å². The van der Waals surface area contributed by atoms with Gasteiger partial charge in [-0.15, -0.1) is 0 Å². The van der Waals surface area contributed by atoms with E-state index in [4.69, 9.17) is 9.68 Å². The monoisotopic (exact) mass is 334 g/mol. The zero-order chi connectivity index (χ0) is 17.2. The van der Waals surface area contributed by atoms with Crippen molar-refractivity contribution < 1.29 is 8.81 Å². The number of aryl methyl sites for hydroxylation is 1. The predicted molar refractivity (Wildman–Crippen MR) is 90.2 cm³/mol. The number of nitrogens with zero attached hydrogens (tertiary/aromatic N) is 4. The average molecular weight is 334 g/mol. The van der Waals surface area contributed by atoms with Gasteiger partial charge in [-0.3, -0.25) is 0 Å². The number of anilines is 1. The molecule has 1 aliphatic rings. The number of oxazole rings is 1. The van der Waals surface area contributed by atoms with Crippen molar-refractivity contribution in [2.45, 2.75) is 19.4 Å². The molecule has 0 bridgehead atoms. The second-order valence-electron chi connectivity index (χ2n) is 5.94. The van der Waals surface area contributed by atoms with Crippen LogP contribution in [0.2, 0.25) is 0 Å². The molecule has 0 spiro atoms. The highest BCUT2D eigenvalue weighted by atomic mass is 19.1. The Hall–Kier alpha value is -3.20. The Morgan fingerprint density at radius 1 is 1.24 bits per heavy atom. The van der Waals surface area contributed by atoms with Crippen LogP contribution in [0.25, 0.3) is 11.6 Å². The lowest BCUT2D eigenvalue weighted by molar-refractivity contribution is 0.510. The highest BCUT2D eigenvalue weighted by Crippen LogP contribution is 2.28. The highest BCUT2D eigenvalue weighted by molar-refractivity contribution is 5.53. The van der Waals surface area contributed by atoms with Gasteiger partial charge in [0.15, 0.2) is 0 Å². The number of hydrogen-bond acceptors (Lipinski definition) is 5. The molecule has 3 heterocycles. The van der Waals surface area contributed by atoms with Crippen LogP contribution in [-0.2, 0) is 13.0 Å². The molecule has 0 radical (unpaired) electrons. The van der Waals surface area contributed by atoms with Crippen molar-refractivity contribution in [3.05, 3.63) is 65.4 Å². The van der Waals surface area contributed by atoms with Crippen LogP contribution in [0.4, 0.5) is 10.1 Å². The maximum atomic E-state index is 13.0. The summed E-state index contributed by atoms with van der Waals surface area (Å²) in [6, 6.07) is 12.6. The van der Waals surface area contributed by atoms with Crippen LogP contribution < -0.4 is 4.90 Å². The summed E-state index contributed by atoms with van der Waals surface area (Å²) in [5.74, 6) is 0.819. The van der Waals surface area contributed by atoms with Gasteiger partial charge in [0.25, 0.3) is 0 Å². The van der Waals surface area contributed by atoms with Crippen LogP contribution >= 0.6 is 0 Å². The lowest BCUT2D eigenvalue weighted by Gasteiger charge is -2.22. The maximum absolute atomic E-state index is 13.0. The predicted octanol–water partition coefficient (Wildman–Crippen LogP) is 3.70. The number of pyridine rings is 1. The minimum Gasteiger partial charge on any atom is -0.438 e. The summed E-state index contributed by atoms with van der Waals surface area (Å²) in [5, 5.41) is 9.09. The van der Waals surface area contributed by atoms with Crippen LogP contribution in [0.5, 0.6) is 0 Å². The SMILES string of the molecule is N#Cc1cccc(N2CCCc3nc(-c4ccc(F)cn4)oc3C2)c1. The second kappa shape index (κ2) is 6.36. The zero-order valence-corrected chi connectivity index (χ0v) is 13.4. The van der Waals surface area contributed by atoms with Crippen LogP contribution in [0.15, 0.2) is 47.0 Å². The lowest BCUT2D eigenvalue weighted by atomic mass is 10.2. The van der Waals surface area contributed by atoms with Gasteiger partial charge in [-0.1, -0.05) is 6.07 Å². The summed E-state index contributed by atoms with van der Waals surface area (Å²) in [7, 11) is 0. The van der Waals surface area contributed by atoms with Gasteiger partial charge >= 0.3 is 0 Å². The summed E-state index contributed by atoms with van der Waals surface area (Å²) < 4.78 is 19.0. The molecule has 5 nitrogen and oxygen atoms in total. The zero-order valence-electron chi connectivity index (χ0n) is 13.4. The van der Waals surface area contributed by atoms with E-state index < -0.39 is 0 Å². The third-order valence-electron chi connectivity index (χ3n) is 4.24. The topological polar surface area (TPSA) is 66.0 Å². The van der Waals surface area contributed by atoms with Crippen molar-refractivity contribution >= 4 is 5.69 Å². The average Bonchev–Trinajstić information content (AvgIpc) is 2.94. The molecule has 0 fully saturated rings. The molecule has 2 aromatic heterocycles. The molecule has 6 heteroatoms. The third-order valence-corrected chi connectivity index (χ3v) is 4.24. The molecule has 1 aromatic carbocycles. The van der Waals surface area contributed by atoms with Crippen LogP contribution in [-0.4, -0.2) is 16.5 Å². The normalized spacial score (nSPS) is 13.8. The van der Waals surface area contributed by atoms with Crippen LogP contribution in [0.3, 0.4) is 0 Å². The molecule has 1 aliphatic heterocycles. The van der Waals surface area contributed by atoms with Gasteiger partial charge in [-0.2, -0.15) is 5.26 Å². The van der Waals surface area contributed by atoms with Crippen molar-refractivity contribution in [1.29, 1.82) is 5.26 Å². The molecule has 0 unspecified atom stereocenters. The molecule has 0 amide bonds. The second-order valence-corrected chi connectivity index (χ2v) is 5.94. The molecule has 25 heavy (non-hydrogen) atoms. The smallest absolute Gasteiger partial charge is 0.245 e. The van der Waals surface area contributed by atoms with E-state index in [9.17, 15) is 4.39 Å². The Bertz CT molecular complexity index is 943. The van der Waals surface area contributed by atoms with Gasteiger partial charge in [0, 0.05) is 12.2 Å². The number of rotatable bonds is 2. The first-order valence-corrected chi connectivity index (χ1v) is 8.08. The van der Waals surface area contributed by atoms with E-state index in [1.165, 1.54) is 6.07 Å². The van der Waals surface area contributed by atoms with E-state index in [1.54, 1.807) is 12.1 Å². The Morgan fingerprint density at radius 2 is 2.16 bits per heavy atom. The molecule has 0 aliphatic carbocycles. The van der Waals surface area contributed by atoms with Crippen molar-refractivity contribution in [1.82, 2.24) is 9.97 Å². The number of halogens is 1. The van der Waals surface area contributed by atoms with Crippen LogP contribution in [0, 0.1) is 17.1 Å². The first-order chi connectivity index (χ1) is 12.2. The molecule has 0 atom stereocenters. The fraction of sp³-hybridized carbons (Fsp3) is 0.211. The molecule has 3 aromatic rings. The fourth-order valence-corrected chi connectivity index (χ4v) is 3.00. The number of benzene rings is 1. The summed E-state index contributed by atoms with van der Waals surface area (Å²) in [6.07, 6.45) is 2.91. The first kappa shape index (κ1) is 15.3. The van der Waals surface area contributed by atoms with E-state index in [1.807, 2.05) is 18.2 Å². The standard InChI is InChI=1S/C19H15FN4O/c20-14-6-7-17(22-11-14)19-23-16-5-2-8-24(12-18(16)25-19)15-4-1-3-13(9-15)10-21/h1,3-4,6-7,9,11H,2,5,8,12H2. The van der Waals surface area contributed by atoms with Gasteiger partial charge in [-0.05, 0) is 43.2 Å². The van der Waals surface area contributed by atoms with Crippen molar-refractivity contribution in [3.8, 4) is 17.7 Å². The molecular formula is C19H15FN4O. The Morgan fingerprint density at radius 3 is 2.96 bits per heavy atom. The molecular weight excluding hydrogens is 319 g/mol. The Kier molecular flexibility index (Phi) is 3.90. The summed E-state index contributed by atoms with van der Waals surface area (Å²) >= 11 is 0. The lowest BCUT2D eigenvalue weighted by Crippen LogP contribution is -2.22. The van der Waals surface area contributed by atoms with Gasteiger partial charge < -0.3 is 9.32 Å². The highest BCUT2D eigenvalue weighted by Gasteiger charge is 2.22. The summed E-state index contributed by atoms with van der Waals surface area (Å²) in [6.45, 7) is 1.45. The van der Waals surface area contributed by atoms with Crippen LogP contribution in [0.1, 0.15) is 23.4 Å². The van der Waals surface area contributed by atoms with Gasteiger partial charge in [0.2, 0.25) is 5.89 Å². The van der Waals surface area contributed by atoms with Crippen molar-refractivity contribution in [2.75, 3.05) is 11.4 Å².